The van der Waals surface area contributed by atoms with Gasteiger partial charge in [-0.05, 0) is 28.1 Å². The molecule has 0 aliphatic rings. The van der Waals surface area contributed by atoms with Crippen LogP contribution in [0.2, 0.25) is 0 Å². The molecular formula is C24H11BrN4O4. The molecule has 0 heterocycles. The van der Waals surface area contributed by atoms with E-state index in [2.05, 4.69) is 27.8 Å². The molecule has 0 radical (unpaired) electrons. The van der Waals surface area contributed by atoms with Crippen molar-refractivity contribution in [1.82, 2.24) is 0 Å². The van der Waals surface area contributed by atoms with Gasteiger partial charge in [-0.15, -0.1) is 0 Å². The SMILES string of the molecule is N#Cc1cc(O)c(O)c(C#N)c1Br.N#Cc1cc(O)c(O)c(C#N)c1C#Cc1ccccc1. The zero-order chi connectivity index (χ0) is 24.5. The van der Waals surface area contributed by atoms with Crippen molar-refractivity contribution in [1.29, 1.82) is 21.0 Å². The maximum absolute atomic E-state index is 9.65. The summed E-state index contributed by atoms with van der Waals surface area (Å²) < 4.78 is 0.188. The molecule has 0 unspecified atom stereocenters. The van der Waals surface area contributed by atoms with Gasteiger partial charge in [-0.3, -0.25) is 0 Å². The van der Waals surface area contributed by atoms with Gasteiger partial charge in [-0.1, -0.05) is 30.0 Å². The van der Waals surface area contributed by atoms with Crippen LogP contribution in [-0.2, 0) is 0 Å². The van der Waals surface area contributed by atoms with Gasteiger partial charge in [0.1, 0.15) is 35.4 Å². The van der Waals surface area contributed by atoms with Gasteiger partial charge in [0.2, 0.25) is 0 Å². The highest BCUT2D eigenvalue weighted by molar-refractivity contribution is 9.10. The number of hydrogen-bond donors (Lipinski definition) is 4. The van der Waals surface area contributed by atoms with Crippen LogP contribution in [0, 0.1) is 57.2 Å². The number of rotatable bonds is 0. The number of hydrogen-bond acceptors (Lipinski definition) is 8. The van der Waals surface area contributed by atoms with Crippen LogP contribution >= 0.6 is 15.9 Å². The summed E-state index contributed by atoms with van der Waals surface area (Å²) >= 11 is 2.97. The minimum atomic E-state index is -0.566. The zero-order valence-electron chi connectivity index (χ0n) is 16.5. The van der Waals surface area contributed by atoms with Crippen molar-refractivity contribution in [2.45, 2.75) is 0 Å². The summed E-state index contributed by atoms with van der Waals surface area (Å²) in [6, 6.07) is 18.3. The van der Waals surface area contributed by atoms with E-state index in [1.54, 1.807) is 30.3 Å². The van der Waals surface area contributed by atoms with Crippen molar-refractivity contribution in [3.63, 3.8) is 0 Å². The fourth-order valence-electron chi connectivity index (χ4n) is 2.46. The second-order valence-electron chi connectivity index (χ2n) is 6.09. The number of nitriles is 4. The Morgan fingerprint density at radius 3 is 1.64 bits per heavy atom. The monoisotopic (exact) mass is 498 g/mol. The van der Waals surface area contributed by atoms with E-state index in [9.17, 15) is 15.3 Å². The van der Waals surface area contributed by atoms with Crippen molar-refractivity contribution in [3.05, 3.63) is 80.3 Å². The van der Waals surface area contributed by atoms with Crippen molar-refractivity contribution >= 4 is 15.9 Å². The van der Waals surface area contributed by atoms with E-state index in [-0.39, 0.29) is 32.3 Å². The molecule has 9 heteroatoms. The van der Waals surface area contributed by atoms with Crippen LogP contribution in [-0.4, -0.2) is 20.4 Å². The van der Waals surface area contributed by atoms with Crippen LogP contribution in [0.5, 0.6) is 23.0 Å². The van der Waals surface area contributed by atoms with Crippen molar-refractivity contribution in [2.24, 2.45) is 0 Å². The number of benzene rings is 3. The molecule has 3 rings (SSSR count). The summed E-state index contributed by atoms with van der Waals surface area (Å²) in [4.78, 5) is 0. The number of halogens is 1. The molecule has 0 fully saturated rings. The molecule has 4 N–H and O–H groups in total. The Bertz CT molecular complexity index is 1460. The van der Waals surface area contributed by atoms with Gasteiger partial charge in [0.15, 0.2) is 23.0 Å². The number of phenols is 4. The van der Waals surface area contributed by atoms with Crippen molar-refractivity contribution in [3.8, 4) is 59.1 Å². The summed E-state index contributed by atoms with van der Waals surface area (Å²) in [5.74, 6) is 3.44. The Balaban J connectivity index is 0.000000257. The first-order chi connectivity index (χ1) is 15.8. The summed E-state index contributed by atoms with van der Waals surface area (Å²) in [6.07, 6.45) is 0. The average Bonchev–Trinajstić information content (AvgIpc) is 2.83. The van der Waals surface area contributed by atoms with E-state index in [0.29, 0.717) is 5.56 Å². The summed E-state index contributed by atoms with van der Waals surface area (Å²) in [7, 11) is 0. The normalized spacial score (nSPS) is 8.88. The lowest BCUT2D eigenvalue weighted by atomic mass is 10.0. The Hall–Kier alpha value is -5.14. The van der Waals surface area contributed by atoms with E-state index >= 15 is 0 Å². The third-order valence-corrected chi connectivity index (χ3v) is 4.89. The van der Waals surface area contributed by atoms with Gasteiger partial charge in [0.25, 0.3) is 0 Å². The lowest BCUT2D eigenvalue weighted by molar-refractivity contribution is 0.402. The van der Waals surface area contributed by atoms with Gasteiger partial charge in [0, 0.05) is 17.7 Å². The molecule has 3 aromatic rings. The van der Waals surface area contributed by atoms with Crippen LogP contribution in [0.3, 0.4) is 0 Å². The van der Waals surface area contributed by atoms with E-state index in [4.69, 9.17) is 26.2 Å². The minimum absolute atomic E-state index is 0.0419. The third-order valence-electron chi connectivity index (χ3n) is 4.07. The van der Waals surface area contributed by atoms with Crippen LogP contribution < -0.4 is 0 Å². The highest BCUT2D eigenvalue weighted by atomic mass is 79.9. The largest absolute Gasteiger partial charge is 0.504 e. The molecule has 3 aromatic carbocycles. The third kappa shape index (κ3) is 5.32. The van der Waals surface area contributed by atoms with Crippen LogP contribution in [0.4, 0.5) is 0 Å². The maximum Gasteiger partial charge on any atom is 0.176 e. The Kier molecular flexibility index (Phi) is 7.87. The quantitative estimate of drug-likeness (QED) is 0.266. The number of aromatic hydroxyl groups is 4. The summed E-state index contributed by atoms with van der Waals surface area (Å²) in [6.45, 7) is 0. The first kappa shape index (κ1) is 24.1. The fourth-order valence-corrected chi connectivity index (χ4v) is 2.94. The molecule has 0 aromatic heterocycles. The van der Waals surface area contributed by atoms with E-state index in [1.807, 2.05) is 24.3 Å². The van der Waals surface area contributed by atoms with Gasteiger partial charge in [-0.2, -0.15) is 21.0 Å². The average molecular weight is 499 g/mol. The molecule has 0 spiro atoms. The molecule has 0 saturated heterocycles. The molecule has 0 bridgehead atoms. The molecule has 0 saturated carbocycles. The lowest BCUT2D eigenvalue weighted by Crippen LogP contribution is -1.91. The molecule has 0 aliphatic heterocycles. The predicted octanol–water partition coefficient (Wildman–Crippen LogP) is 3.84. The summed E-state index contributed by atoms with van der Waals surface area (Å²) in [5, 5.41) is 72.6. The Morgan fingerprint density at radius 1 is 0.606 bits per heavy atom. The predicted molar refractivity (Wildman–Crippen MR) is 119 cm³/mol. The molecule has 8 nitrogen and oxygen atoms in total. The van der Waals surface area contributed by atoms with Crippen molar-refractivity contribution < 1.29 is 20.4 Å². The second-order valence-corrected chi connectivity index (χ2v) is 6.88. The minimum Gasteiger partial charge on any atom is -0.504 e. The smallest absolute Gasteiger partial charge is 0.176 e. The zero-order valence-corrected chi connectivity index (χ0v) is 18.1. The maximum atomic E-state index is 9.65. The van der Waals surface area contributed by atoms with E-state index in [0.717, 1.165) is 12.1 Å². The number of nitrogens with zero attached hydrogens (tertiary/aromatic N) is 4. The topological polar surface area (TPSA) is 176 Å². The Labute approximate surface area is 196 Å². The van der Waals surface area contributed by atoms with E-state index < -0.39 is 23.0 Å². The van der Waals surface area contributed by atoms with Gasteiger partial charge in [-0.25, -0.2) is 0 Å². The number of phenolic OH excluding ortho intramolecular Hbond substituents is 4. The highest BCUT2D eigenvalue weighted by Gasteiger charge is 2.16. The fraction of sp³-hybridized carbons (Fsp3) is 0. The lowest BCUT2D eigenvalue weighted by Gasteiger charge is -2.04. The highest BCUT2D eigenvalue weighted by Crippen LogP contribution is 2.36. The molecule has 158 valence electrons. The van der Waals surface area contributed by atoms with Crippen LogP contribution in [0.25, 0.3) is 0 Å². The first-order valence-electron chi connectivity index (χ1n) is 8.79. The second kappa shape index (κ2) is 10.8. The van der Waals surface area contributed by atoms with Crippen LogP contribution in [0.15, 0.2) is 46.9 Å². The molecule has 33 heavy (non-hydrogen) atoms. The molecular weight excluding hydrogens is 488 g/mol. The van der Waals surface area contributed by atoms with Gasteiger partial charge >= 0.3 is 0 Å². The molecule has 0 atom stereocenters. The van der Waals surface area contributed by atoms with Crippen LogP contribution in [0.1, 0.15) is 33.4 Å². The molecule has 0 aliphatic carbocycles. The first-order valence-corrected chi connectivity index (χ1v) is 9.59. The standard InChI is InChI=1S/C16H8N2O2.C8H3BrN2O2/c17-9-12-8-15(19)16(20)14(10-18)13(12)7-6-11-4-2-1-3-5-11;9-7-4(2-10)1-6(12)8(13)5(7)3-11/h1-5,8,19-20H;1,12-13H. The van der Waals surface area contributed by atoms with Crippen molar-refractivity contribution in [2.75, 3.05) is 0 Å². The van der Waals surface area contributed by atoms with Gasteiger partial charge in [0.05, 0.1) is 21.2 Å². The van der Waals surface area contributed by atoms with E-state index in [1.165, 1.54) is 0 Å². The molecule has 0 amide bonds. The summed E-state index contributed by atoms with van der Waals surface area (Å²) in [5.41, 5.74) is 0.621. The van der Waals surface area contributed by atoms with Gasteiger partial charge < -0.3 is 20.4 Å². The Morgan fingerprint density at radius 2 is 1.12 bits per heavy atom.